The van der Waals surface area contributed by atoms with Crippen LogP contribution in [-0.2, 0) is 0 Å². The molecule has 0 unspecified atom stereocenters. The van der Waals surface area contributed by atoms with Crippen LogP contribution in [0.15, 0.2) is 18.2 Å². The minimum atomic E-state index is -0.613. The maximum atomic E-state index is 13.0. The van der Waals surface area contributed by atoms with Crippen LogP contribution in [0.4, 0.5) is 5.69 Å². The van der Waals surface area contributed by atoms with Gasteiger partial charge in [0, 0.05) is 22.8 Å². The van der Waals surface area contributed by atoms with Crippen LogP contribution >= 0.6 is 0 Å². The number of hydrogen-bond acceptors (Lipinski definition) is 4. The molecule has 0 aliphatic heterocycles. The maximum Gasteiger partial charge on any atom is 0.281 e. The van der Waals surface area contributed by atoms with E-state index in [1.807, 2.05) is 20.8 Å². The summed E-state index contributed by atoms with van der Waals surface area (Å²) in [6, 6.07) is 4.18. The third-order valence-electron chi connectivity index (χ3n) is 4.85. The van der Waals surface area contributed by atoms with Crippen LogP contribution in [-0.4, -0.2) is 16.5 Å². The van der Waals surface area contributed by atoms with Gasteiger partial charge in [0.1, 0.15) is 5.56 Å². The number of rotatable bonds is 1. The first kappa shape index (κ1) is 15.1. The van der Waals surface area contributed by atoms with Gasteiger partial charge in [-0.15, -0.1) is 0 Å². The summed E-state index contributed by atoms with van der Waals surface area (Å²) in [5.41, 5.74) is 3.76. The number of carbonyl (C=O) groups is 2. The van der Waals surface area contributed by atoms with E-state index in [9.17, 15) is 19.7 Å². The average molecular weight is 309 g/mol. The molecule has 0 N–H and O–H groups in total. The van der Waals surface area contributed by atoms with E-state index in [1.54, 1.807) is 6.92 Å². The van der Waals surface area contributed by atoms with Crippen LogP contribution in [0, 0.1) is 37.8 Å². The summed E-state index contributed by atoms with van der Waals surface area (Å²) in [5, 5.41) is 11.3. The molecule has 2 aromatic carbocycles. The van der Waals surface area contributed by atoms with E-state index >= 15 is 0 Å². The Labute approximate surface area is 133 Å². The third kappa shape index (κ3) is 1.86. The molecule has 23 heavy (non-hydrogen) atoms. The smallest absolute Gasteiger partial charge is 0.281 e. The van der Waals surface area contributed by atoms with Gasteiger partial charge in [-0.3, -0.25) is 19.7 Å². The fraction of sp³-hybridized carbons (Fsp3) is 0.222. The Hall–Kier alpha value is -2.82. The number of hydrogen-bond donors (Lipinski definition) is 0. The quantitative estimate of drug-likeness (QED) is 0.508. The van der Waals surface area contributed by atoms with Crippen molar-refractivity contribution < 1.29 is 14.5 Å². The minimum absolute atomic E-state index is 0.0965. The summed E-state index contributed by atoms with van der Waals surface area (Å²) in [5.74, 6) is -0.757. The van der Waals surface area contributed by atoms with Crippen LogP contribution in [0.25, 0.3) is 0 Å². The molecule has 0 saturated carbocycles. The standard InChI is InChI=1S/C18H15NO4/c1-8-9(2)11(4)15-14(10(8)3)17(20)12-6-5-7-13(19(22)23)16(12)18(15)21/h5-7H,1-4H3. The highest BCUT2D eigenvalue weighted by molar-refractivity contribution is 6.30. The molecular weight excluding hydrogens is 294 g/mol. The van der Waals surface area contributed by atoms with Gasteiger partial charge in [-0.2, -0.15) is 0 Å². The Balaban J connectivity index is 2.46. The van der Waals surface area contributed by atoms with Crippen LogP contribution in [0.3, 0.4) is 0 Å². The summed E-state index contributed by atoms with van der Waals surface area (Å²) >= 11 is 0. The second-order valence-electron chi connectivity index (χ2n) is 5.87. The fourth-order valence-corrected chi connectivity index (χ4v) is 3.26. The highest BCUT2D eigenvalue weighted by atomic mass is 16.6. The van der Waals surface area contributed by atoms with Crippen molar-refractivity contribution in [1.29, 1.82) is 0 Å². The maximum absolute atomic E-state index is 13.0. The molecule has 0 fully saturated rings. The normalized spacial score (nSPS) is 12.9. The molecule has 2 aromatic rings. The first-order valence-corrected chi connectivity index (χ1v) is 7.24. The highest BCUT2D eigenvalue weighted by Crippen LogP contribution is 2.38. The van der Waals surface area contributed by atoms with Crippen molar-refractivity contribution in [2.45, 2.75) is 27.7 Å². The Kier molecular flexibility index (Phi) is 3.18. The minimum Gasteiger partial charge on any atom is -0.289 e. The van der Waals surface area contributed by atoms with E-state index in [0.29, 0.717) is 16.7 Å². The lowest BCUT2D eigenvalue weighted by atomic mass is 9.77. The van der Waals surface area contributed by atoms with E-state index in [-0.39, 0.29) is 22.6 Å². The van der Waals surface area contributed by atoms with Crippen molar-refractivity contribution in [2.24, 2.45) is 0 Å². The molecule has 0 bridgehead atoms. The predicted octanol–water partition coefficient (Wildman–Crippen LogP) is 3.60. The van der Waals surface area contributed by atoms with Gasteiger partial charge in [-0.25, -0.2) is 0 Å². The van der Waals surface area contributed by atoms with E-state index in [2.05, 4.69) is 0 Å². The van der Waals surface area contributed by atoms with Crippen molar-refractivity contribution in [2.75, 3.05) is 0 Å². The Bertz CT molecular complexity index is 925. The number of nitrogens with zero attached hydrogens (tertiary/aromatic N) is 1. The van der Waals surface area contributed by atoms with Gasteiger partial charge in [0.2, 0.25) is 5.78 Å². The molecule has 1 aliphatic rings. The Morgan fingerprint density at radius 3 is 1.83 bits per heavy atom. The molecule has 5 heteroatoms. The number of fused-ring (bicyclic) bond motifs is 2. The van der Waals surface area contributed by atoms with Gasteiger partial charge in [-0.1, -0.05) is 6.07 Å². The molecule has 0 saturated heterocycles. The average Bonchev–Trinajstić information content (AvgIpc) is 2.53. The summed E-state index contributed by atoms with van der Waals surface area (Å²) in [6.07, 6.45) is 0. The number of nitro groups is 1. The highest BCUT2D eigenvalue weighted by Gasteiger charge is 2.38. The lowest BCUT2D eigenvalue weighted by Crippen LogP contribution is -2.25. The Morgan fingerprint density at radius 2 is 1.30 bits per heavy atom. The van der Waals surface area contributed by atoms with Crippen molar-refractivity contribution in [3.63, 3.8) is 0 Å². The summed E-state index contributed by atoms with van der Waals surface area (Å²) in [6.45, 7) is 7.41. The SMILES string of the molecule is Cc1c(C)c(C)c2c(c1C)C(=O)c1cccc([N+](=O)[O-])c1C2=O. The topological polar surface area (TPSA) is 77.3 Å². The summed E-state index contributed by atoms with van der Waals surface area (Å²) < 4.78 is 0. The Morgan fingerprint density at radius 1 is 0.783 bits per heavy atom. The molecule has 0 heterocycles. The van der Waals surface area contributed by atoms with Crippen molar-refractivity contribution in [1.82, 2.24) is 0 Å². The number of benzene rings is 2. The molecular formula is C18H15NO4. The molecule has 0 amide bonds. The second-order valence-corrected chi connectivity index (χ2v) is 5.87. The molecule has 0 aromatic heterocycles. The second kappa shape index (κ2) is 4.84. The summed E-state index contributed by atoms with van der Waals surface area (Å²) in [4.78, 5) is 36.5. The van der Waals surface area contributed by atoms with Crippen LogP contribution in [0.5, 0.6) is 0 Å². The monoisotopic (exact) mass is 309 g/mol. The summed E-state index contributed by atoms with van der Waals surface area (Å²) in [7, 11) is 0. The van der Waals surface area contributed by atoms with Gasteiger partial charge >= 0.3 is 0 Å². The van der Waals surface area contributed by atoms with Gasteiger partial charge in [-0.05, 0) is 56.0 Å². The zero-order chi connectivity index (χ0) is 17.0. The van der Waals surface area contributed by atoms with Gasteiger partial charge in [0.15, 0.2) is 5.78 Å². The lowest BCUT2D eigenvalue weighted by Gasteiger charge is -2.24. The third-order valence-corrected chi connectivity index (χ3v) is 4.85. The van der Waals surface area contributed by atoms with Gasteiger partial charge in [0.25, 0.3) is 5.69 Å². The first-order valence-electron chi connectivity index (χ1n) is 7.24. The predicted molar refractivity (Wildman–Crippen MR) is 85.4 cm³/mol. The lowest BCUT2D eigenvalue weighted by molar-refractivity contribution is -0.385. The van der Waals surface area contributed by atoms with Crippen molar-refractivity contribution >= 4 is 17.3 Å². The molecule has 1 aliphatic carbocycles. The molecule has 3 rings (SSSR count). The molecule has 0 atom stereocenters. The largest absolute Gasteiger partial charge is 0.289 e. The molecule has 5 nitrogen and oxygen atoms in total. The molecule has 0 spiro atoms. The number of carbonyl (C=O) groups excluding carboxylic acids is 2. The fourth-order valence-electron chi connectivity index (χ4n) is 3.26. The number of ketones is 2. The molecule has 116 valence electrons. The van der Waals surface area contributed by atoms with Crippen molar-refractivity contribution in [3.05, 3.63) is 72.8 Å². The zero-order valence-corrected chi connectivity index (χ0v) is 13.3. The van der Waals surface area contributed by atoms with Crippen LogP contribution in [0.1, 0.15) is 54.1 Å². The van der Waals surface area contributed by atoms with E-state index < -0.39 is 10.7 Å². The van der Waals surface area contributed by atoms with E-state index in [0.717, 1.165) is 16.7 Å². The van der Waals surface area contributed by atoms with Crippen LogP contribution in [0.2, 0.25) is 0 Å². The van der Waals surface area contributed by atoms with Gasteiger partial charge in [0.05, 0.1) is 4.92 Å². The van der Waals surface area contributed by atoms with Gasteiger partial charge < -0.3 is 0 Å². The number of nitro benzene ring substituents is 1. The zero-order valence-electron chi connectivity index (χ0n) is 13.3. The van der Waals surface area contributed by atoms with Crippen LogP contribution < -0.4 is 0 Å². The van der Waals surface area contributed by atoms with E-state index in [4.69, 9.17) is 0 Å². The van der Waals surface area contributed by atoms with E-state index in [1.165, 1.54) is 18.2 Å². The molecule has 0 radical (unpaired) electrons. The first-order chi connectivity index (χ1) is 10.8. The van der Waals surface area contributed by atoms with Crippen molar-refractivity contribution in [3.8, 4) is 0 Å².